The summed E-state index contributed by atoms with van der Waals surface area (Å²) in [4.78, 5) is 0. The average molecular weight is 238 g/mol. The van der Waals surface area contributed by atoms with Crippen LogP contribution < -0.4 is 0 Å². The molecule has 1 rings (SSSR count). The molecule has 0 spiro atoms. The summed E-state index contributed by atoms with van der Waals surface area (Å²) in [5.41, 5.74) is 1.80. The Morgan fingerprint density at radius 3 is 2.12 bits per heavy atom. The van der Waals surface area contributed by atoms with E-state index in [9.17, 15) is 0 Å². The fourth-order valence-corrected chi connectivity index (χ4v) is 3.63. The lowest BCUT2D eigenvalue weighted by Gasteiger charge is -2.30. The third-order valence-electron chi connectivity index (χ3n) is 2.63. The van der Waals surface area contributed by atoms with E-state index in [1.165, 1.54) is 0 Å². The number of hydrogen-bond donors (Lipinski definition) is 0. The van der Waals surface area contributed by atoms with Gasteiger partial charge in [-0.1, -0.05) is 24.3 Å². The molecular formula is C12H18O3Si. The van der Waals surface area contributed by atoms with Crippen LogP contribution >= 0.6 is 0 Å². The minimum absolute atomic E-state index is 0.158. The first-order valence-corrected chi connectivity index (χ1v) is 6.80. The molecule has 0 aliphatic carbocycles. The van der Waals surface area contributed by atoms with Gasteiger partial charge in [0.15, 0.2) is 0 Å². The van der Waals surface area contributed by atoms with Gasteiger partial charge in [-0.25, -0.2) is 0 Å². The summed E-state index contributed by atoms with van der Waals surface area (Å²) in [6, 6.07) is 7.82. The zero-order chi connectivity index (χ0) is 12.2. The minimum atomic E-state index is -2.72. The highest BCUT2D eigenvalue weighted by atomic mass is 28.4. The third-order valence-corrected chi connectivity index (χ3v) is 5.53. The fourth-order valence-electron chi connectivity index (χ4n) is 1.69. The summed E-state index contributed by atoms with van der Waals surface area (Å²) >= 11 is 0. The molecule has 0 bridgehead atoms. The molecule has 88 valence electrons. The van der Waals surface area contributed by atoms with E-state index in [2.05, 4.69) is 13.8 Å². The van der Waals surface area contributed by atoms with Crippen LogP contribution in [0.4, 0.5) is 0 Å². The maximum Gasteiger partial charge on any atom is 0.508 e. The Morgan fingerprint density at radius 2 is 1.69 bits per heavy atom. The molecule has 1 unspecified atom stereocenters. The SMILES string of the molecule is [CH2]c1cccc(C([CH2])[Si](OC)(OC)OC)c1. The van der Waals surface area contributed by atoms with E-state index in [1.54, 1.807) is 21.3 Å². The summed E-state index contributed by atoms with van der Waals surface area (Å²) in [5, 5.41) is 0. The first-order valence-electron chi connectivity index (χ1n) is 5.00. The van der Waals surface area contributed by atoms with Gasteiger partial charge in [0.2, 0.25) is 0 Å². The van der Waals surface area contributed by atoms with Crippen LogP contribution in [0.1, 0.15) is 16.7 Å². The molecule has 0 saturated carbocycles. The van der Waals surface area contributed by atoms with Crippen molar-refractivity contribution in [3.05, 3.63) is 49.2 Å². The second-order valence-corrected chi connectivity index (χ2v) is 6.64. The van der Waals surface area contributed by atoms with E-state index in [4.69, 9.17) is 13.3 Å². The molecule has 1 aromatic carbocycles. The smallest absolute Gasteiger partial charge is 0.376 e. The normalized spacial score (nSPS) is 13.8. The van der Waals surface area contributed by atoms with Gasteiger partial charge in [-0.2, -0.15) is 0 Å². The lowest BCUT2D eigenvalue weighted by atomic mass is 10.1. The van der Waals surface area contributed by atoms with Crippen molar-refractivity contribution in [3.63, 3.8) is 0 Å². The van der Waals surface area contributed by atoms with Gasteiger partial charge in [0.05, 0.1) is 5.54 Å². The Bertz CT molecular complexity index is 329. The molecular weight excluding hydrogens is 220 g/mol. The van der Waals surface area contributed by atoms with E-state index in [0.717, 1.165) is 11.1 Å². The lowest BCUT2D eigenvalue weighted by molar-refractivity contribution is 0.117. The lowest BCUT2D eigenvalue weighted by Crippen LogP contribution is -2.48. The van der Waals surface area contributed by atoms with Gasteiger partial charge >= 0.3 is 8.80 Å². The van der Waals surface area contributed by atoms with E-state index in [-0.39, 0.29) is 5.54 Å². The van der Waals surface area contributed by atoms with Crippen molar-refractivity contribution in [2.24, 2.45) is 0 Å². The first kappa shape index (κ1) is 13.4. The highest BCUT2D eigenvalue weighted by molar-refractivity contribution is 6.62. The average Bonchev–Trinajstić information content (AvgIpc) is 2.32. The van der Waals surface area contributed by atoms with Crippen molar-refractivity contribution in [2.45, 2.75) is 5.54 Å². The summed E-state index contributed by atoms with van der Waals surface area (Å²) in [7, 11) is 2.04. The summed E-state index contributed by atoms with van der Waals surface area (Å²) in [5.74, 6) is 0. The molecule has 0 amide bonds. The fraction of sp³-hybridized carbons (Fsp3) is 0.333. The van der Waals surface area contributed by atoms with Gasteiger partial charge in [0.1, 0.15) is 0 Å². The number of hydrogen-bond acceptors (Lipinski definition) is 3. The second kappa shape index (κ2) is 5.59. The quantitative estimate of drug-likeness (QED) is 0.736. The molecule has 0 aliphatic rings. The van der Waals surface area contributed by atoms with Crippen molar-refractivity contribution in [2.75, 3.05) is 21.3 Å². The minimum Gasteiger partial charge on any atom is -0.376 e. The topological polar surface area (TPSA) is 27.7 Å². The van der Waals surface area contributed by atoms with E-state index in [1.807, 2.05) is 24.3 Å². The van der Waals surface area contributed by atoms with Gasteiger partial charge < -0.3 is 13.3 Å². The van der Waals surface area contributed by atoms with Crippen LogP contribution in [0.3, 0.4) is 0 Å². The molecule has 0 heterocycles. The van der Waals surface area contributed by atoms with Crippen LogP contribution in [-0.2, 0) is 13.3 Å². The molecule has 0 N–H and O–H groups in total. The molecule has 2 radical (unpaired) electrons. The van der Waals surface area contributed by atoms with Crippen LogP contribution in [0.25, 0.3) is 0 Å². The van der Waals surface area contributed by atoms with Crippen molar-refractivity contribution >= 4 is 8.80 Å². The molecule has 4 heteroatoms. The van der Waals surface area contributed by atoms with E-state index < -0.39 is 8.80 Å². The Morgan fingerprint density at radius 1 is 1.12 bits per heavy atom. The second-order valence-electron chi connectivity index (χ2n) is 3.51. The molecule has 16 heavy (non-hydrogen) atoms. The van der Waals surface area contributed by atoms with Crippen LogP contribution in [0.2, 0.25) is 0 Å². The van der Waals surface area contributed by atoms with Crippen molar-refractivity contribution in [1.29, 1.82) is 0 Å². The Hall–Kier alpha value is -0.683. The third kappa shape index (κ3) is 2.52. The van der Waals surface area contributed by atoms with Crippen molar-refractivity contribution < 1.29 is 13.3 Å². The number of benzene rings is 1. The predicted molar refractivity (Wildman–Crippen MR) is 65.8 cm³/mol. The van der Waals surface area contributed by atoms with Crippen LogP contribution in [0, 0.1) is 13.8 Å². The van der Waals surface area contributed by atoms with Gasteiger partial charge in [0, 0.05) is 21.3 Å². The maximum absolute atomic E-state index is 5.40. The molecule has 1 atom stereocenters. The standard InChI is InChI=1S/C12H18O3Si/c1-10-7-6-8-12(9-10)11(2)16(13-3,14-4)15-5/h6-9,11H,1-2H2,3-5H3. The molecule has 0 aromatic heterocycles. The molecule has 0 fully saturated rings. The first-order chi connectivity index (χ1) is 7.59. The zero-order valence-corrected chi connectivity index (χ0v) is 11.0. The Labute approximate surface area is 98.7 Å². The van der Waals surface area contributed by atoms with E-state index >= 15 is 0 Å². The molecule has 1 aromatic rings. The highest BCUT2D eigenvalue weighted by Gasteiger charge is 2.45. The zero-order valence-electron chi connectivity index (χ0n) is 10.0. The predicted octanol–water partition coefficient (Wildman–Crippen LogP) is 2.20. The molecule has 0 saturated heterocycles. The molecule has 0 aliphatic heterocycles. The van der Waals surface area contributed by atoms with Gasteiger partial charge in [0.25, 0.3) is 0 Å². The summed E-state index contributed by atoms with van der Waals surface area (Å²) < 4.78 is 16.2. The monoisotopic (exact) mass is 238 g/mol. The van der Waals surface area contributed by atoms with Crippen LogP contribution in [0.15, 0.2) is 24.3 Å². The van der Waals surface area contributed by atoms with Crippen LogP contribution in [0.5, 0.6) is 0 Å². The maximum atomic E-state index is 5.40. The summed E-state index contributed by atoms with van der Waals surface area (Å²) in [6.45, 7) is 7.98. The highest BCUT2D eigenvalue weighted by Crippen LogP contribution is 2.28. The van der Waals surface area contributed by atoms with Crippen molar-refractivity contribution in [1.82, 2.24) is 0 Å². The number of rotatable bonds is 5. The van der Waals surface area contributed by atoms with Gasteiger partial charge in [-0.05, 0) is 25.0 Å². The largest absolute Gasteiger partial charge is 0.508 e. The Balaban J connectivity index is 3.03. The van der Waals surface area contributed by atoms with Gasteiger partial charge in [-0.15, -0.1) is 0 Å². The van der Waals surface area contributed by atoms with E-state index in [0.29, 0.717) is 0 Å². The van der Waals surface area contributed by atoms with Crippen LogP contribution in [-0.4, -0.2) is 30.1 Å². The van der Waals surface area contributed by atoms with Gasteiger partial charge in [-0.3, -0.25) is 0 Å². The molecule has 3 nitrogen and oxygen atoms in total. The summed E-state index contributed by atoms with van der Waals surface area (Å²) in [6.07, 6.45) is 0. The van der Waals surface area contributed by atoms with Crippen molar-refractivity contribution in [3.8, 4) is 0 Å². The Kier molecular flexibility index (Phi) is 4.67.